The van der Waals surface area contributed by atoms with Gasteiger partial charge in [0.15, 0.2) is 11.5 Å². The number of fused-ring (bicyclic) bond motifs is 2. The first kappa shape index (κ1) is 39.8. The number of aromatic nitrogens is 8. The van der Waals surface area contributed by atoms with Crippen LogP contribution < -0.4 is 11.1 Å². The molecule has 17 heteroatoms. The Morgan fingerprint density at radius 1 is 0.607 bits per heavy atom. The molecule has 0 aliphatic carbocycles. The van der Waals surface area contributed by atoms with Crippen molar-refractivity contribution in [2.24, 2.45) is 0 Å². The van der Waals surface area contributed by atoms with Crippen molar-refractivity contribution in [1.29, 1.82) is 0 Å². The minimum atomic E-state index is -0.969. The molecule has 0 spiro atoms. The molecular weight excluding hydrogens is 813 g/mol. The van der Waals surface area contributed by atoms with Gasteiger partial charge in [-0.15, -0.1) is 20.4 Å². The molecule has 1 amide bonds. The van der Waals surface area contributed by atoms with Crippen LogP contribution in [0.3, 0.4) is 0 Å². The number of aromatic carboxylic acids is 1. The lowest BCUT2D eigenvalue weighted by atomic mass is 10.1. The molecule has 10 aromatic rings. The second kappa shape index (κ2) is 17.9. The predicted molar refractivity (Wildman–Crippen MR) is 234 cm³/mol. The Hall–Kier alpha value is -8.02. The van der Waals surface area contributed by atoms with Crippen LogP contribution in [0.5, 0.6) is 0 Å². The first-order valence-corrected chi connectivity index (χ1v) is 20.0. The van der Waals surface area contributed by atoms with Crippen molar-refractivity contribution in [2.45, 2.75) is 13.8 Å². The van der Waals surface area contributed by atoms with E-state index < -0.39 is 5.97 Å². The van der Waals surface area contributed by atoms with Crippen LogP contribution in [0.15, 0.2) is 143 Å². The number of hydrogen-bond donors (Lipinski definition) is 3. The van der Waals surface area contributed by atoms with Crippen molar-refractivity contribution in [3.63, 3.8) is 0 Å². The average molecular weight is 845 g/mol. The summed E-state index contributed by atoms with van der Waals surface area (Å²) in [5, 5.41) is 31.9. The number of amides is 1. The number of rotatable bonds is 7. The molecule has 0 aliphatic rings. The van der Waals surface area contributed by atoms with Crippen LogP contribution in [0.1, 0.15) is 32.2 Å². The number of nitrogen functional groups attached to an aromatic ring is 1. The second-order valence-electron chi connectivity index (χ2n) is 13.1. The number of carboxylic acid groups (broad SMARTS) is 1. The molecule has 0 atom stereocenters. The van der Waals surface area contributed by atoms with E-state index in [1.165, 1.54) is 22.7 Å². The smallest absolute Gasteiger partial charge is 0.336 e. The van der Waals surface area contributed by atoms with Crippen LogP contribution in [-0.4, -0.2) is 57.3 Å². The zero-order valence-electron chi connectivity index (χ0n) is 32.3. The number of nitrogens with zero attached hydrogens (tertiary/aromatic N) is 8. The zero-order valence-corrected chi connectivity index (χ0v) is 33.9. The van der Waals surface area contributed by atoms with E-state index in [1.54, 1.807) is 61.2 Å². The van der Waals surface area contributed by atoms with Gasteiger partial charge in [0, 0.05) is 46.7 Å². The van der Waals surface area contributed by atoms with E-state index in [2.05, 4.69) is 45.6 Å². The van der Waals surface area contributed by atoms with Gasteiger partial charge in [-0.1, -0.05) is 59.1 Å². The predicted octanol–water partition coefficient (Wildman–Crippen LogP) is 9.65. The fourth-order valence-corrected chi connectivity index (χ4v) is 7.37. The standard InChI is InChI=1S/C22H15N5O2S.C15H11NO3.C7H6N4S/c1-13-6-7-19(29-13)18-12-16(15-4-2-3-5-17(15)24-18)20(28)25-22-27-26-21(30-22)14-8-10-23-11-9-14;1-9-6-7-14(19-9)13-8-11(15(17)18)10-4-2-3-5-12(10)16-13;8-7-11-10-6(12-7)5-1-3-9-4-2-5/h2-12H,1H3,(H,25,27,28);2-8H,1H3,(H,17,18);1-4H,(H2,8,11). The van der Waals surface area contributed by atoms with Crippen LogP contribution in [0, 0.1) is 13.8 Å². The highest BCUT2D eigenvalue weighted by molar-refractivity contribution is 7.18. The molecule has 0 bridgehead atoms. The van der Waals surface area contributed by atoms with Crippen molar-refractivity contribution in [1.82, 2.24) is 40.3 Å². The molecule has 300 valence electrons. The number of hydrogen-bond acceptors (Lipinski definition) is 15. The Kier molecular flexibility index (Phi) is 11.6. The molecule has 15 nitrogen and oxygen atoms in total. The third kappa shape index (κ3) is 9.33. The average Bonchev–Trinajstić information content (AvgIpc) is 4.13. The number of nitrogens with two attached hydrogens (primary N) is 1. The van der Waals surface area contributed by atoms with E-state index >= 15 is 0 Å². The molecule has 8 aromatic heterocycles. The lowest BCUT2D eigenvalue weighted by Gasteiger charge is -2.08. The van der Waals surface area contributed by atoms with Crippen molar-refractivity contribution in [3.05, 3.63) is 157 Å². The van der Waals surface area contributed by atoms with E-state index in [0.717, 1.165) is 33.0 Å². The highest BCUT2D eigenvalue weighted by atomic mass is 32.1. The van der Waals surface area contributed by atoms with Crippen LogP contribution >= 0.6 is 22.7 Å². The number of furan rings is 2. The Morgan fingerprint density at radius 2 is 1.10 bits per heavy atom. The van der Waals surface area contributed by atoms with E-state index in [9.17, 15) is 14.7 Å². The number of carbonyl (C=O) groups excluding carboxylic acids is 1. The van der Waals surface area contributed by atoms with Crippen molar-refractivity contribution >= 4 is 66.6 Å². The van der Waals surface area contributed by atoms with E-state index in [1.807, 2.05) is 86.6 Å². The normalized spacial score (nSPS) is 10.7. The van der Waals surface area contributed by atoms with Crippen molar-refractivity contribution in [3.8, 4) is 44.1 Å². The molecule has 0 saturated carbocycles. The number of anilines is 2. The topological polar surface area (TPSA) is 222 Å². The minimum Gasteiger partial charge on any atom is -0.478 e. The van der Waals surface area contributed by atoms with E-state index in [0.29, 0.717) is 60.2 Å². The molecule has 8 heterocycles. The molecule has 0 fully saturated rings. The molecular formula is C44H32N10O5S2. The van der Waals surface area contributed by atoms with Crippen molar-refractivity contribution in [2.75, 3.05) is 11.1 Å². The number of carboxylic acids is 1. The number of aryl methyl sites for hydroxylation is 2. The van der Waals surface area contributed by atoms with Gasteiger partial charge in [-0.05, 0) is 86.6 Å². The van der Waals surface area contributed by atoms with Gasteiger partial charge in [-0.3, -0.25) is 20.1 Å². The maximum Gasteiger partial charge on any atom is 0.336 e. The maximum absolute atomic E-state index is 13.1. The van der Waals surface area contributed by atoms with Gasteiger partial charge in [0.25, 0.3) is 5.91 Å². The third-order valence-corrected chi connectivity index (χ3v) is 10.5. The van der Waals surface area contributed by atoms with Gasteiger partial charge in [-0.25, -0.2) is 14.8 Å². The highest BCUT2D eigenvalue weighted by Gasteiger charge is 2.18. The first-order chi connectivity index (χ1) is 29.7. The summed E-state index contributed by atoms with van der Waals surface area (Å²) in [4.78, 5) is 41.5. The number of benzene rings is 2. The number of nitrogens with one attached hydrogen (secondary N) is 1. The molecule has 0 radical (unpaired) electrons. The largest absolute Gasteiger partial charge is 0.478 e. The fourth-order valence-electron chi connectivity index (χ4n) is 6.01. The molecule has 0 saturated heterocycles. The Balaban J connectivity index is 0.000000141. The minimum absolute atomic E-state index is 0.231. The summed E-state index contributed by atoms with van der Waals surface area (Å²) in [5.74, 6) is 1.48. The number of para-hydroxylation sites is 2. The van der Waals surface area contributed by atoms with Crippen molar-refractivity contribution < 1.29 is 23.5 Å². The van der Waals surface area contributed by atoms with Gasteiger partial charge in [0.05, 0.1) is 22.2 Å². The summed E-state index contributed by atoms with van der Waals surface area (Å²) in [5.41, 5.74) is 10.6. The lowest BCUT2D eigenvalue weighted by molar-refractivity contribution is 0.0698. The maximum atomic E-state index is 13.1. The summed E-state index contributed by atoms with van der Waals surface area (Å²) in [7, 11) is 0. The van der Waals surface area contributed by atoms with Crippen LogP contribution in [0.4, 0.5) is 10.3 Å². The number of pyridine rings is 4. The fraction of sp³-hybridized carbons (Fsp3) is 0.0455. The number of carbonyl (C=O) groups is 2. The first-order valence-electron chi connectivity index (χ1n) is 18.4. The molecule has 2 aromatic carbocycles. The van der Waals surface area contributed by atoms with Gasteiger partial charge in [-0.2, -0.15) is 0 Å². The Bertz CT molecular complexity index is 3130. The monoisotopic (exact) mass is 844 g/mol. The quantitative estimate of drug-likeness (QED) is 0.136. The molecule has 61 heavy (non-hydrogen) atoms. The van der Waals surface area contributed by atoms with Gasteiger partial charge in [0.2, 0.25) is 10.3 Å². The molecule has 0 aliphatic heterocycles. The zero-order chi connectivity index (χ0) is 42.3. The second-order valence-corrected chi connectivity index (χ2v) is 15.0. The summed E-state index contributed by atoms with van der Waals surface area (Å²) < 4.78 is 11.2. The Morgan fingerprint density at radius 3 is 1.59 bits per heavy atom. The van der Waals surface area contributed by atoms with Gasteiger partial charge >= 0.3 is 5.97 Å². The van der Waals surface area contributed by atoms with Gasteiger partial charge in [0.1, 0.15) is 32.9 Å². The Labute approximate surface area is 354 Å². The SMILES string of the molecule is Cc1ccc(-c2cc(C(=O)Nc3nnc(-c4ccncc4)s3)c3ccccc3n2)o1.Cc1ccc(-c2cc(C(=O)O)c3ccccc3n2)o1.Nc1nnc(-c2ccncc2)s1. The summed E-state index contributed by atoms with van der Waals surface area (Å²) in [6.45, 7) is 3.71. The summed E-state index contributed by atoms with van der Waals surface area (Å²) in [6.07, 6.45) is 6.81. The summed E-state index contributed by atoms with van der Waals surface area (Å²) >= 11 is 2.67. The van der Waals surface area contributed by atoms with Crippen LogP contribution in [0.2, 0.25) is 0 Å². The van der Waals surface area contributed by atoms with Gasteiger partial charge < -0.3 is 19.7 Å². The van der Waals surface area contributed by atoms with Crippen LogP contribution in [-0.2, 0) is 0 Å². The lowest BCUT2D eigenvalue weighted by Crippen LogP contribution is -2.13. The molecule has 10 rings (SSSR count). The summed E-state index contributed by atoms with van der Waals surface area (Å²) in [6, 6.07) is 32.7. The highest BCUT2D eigenvalue weighted by Crippen LogP contribution is 2.30. The molecule has 4 N–H and O–H groups in total. The van der Waals surface area contributed by atoms with E-state index in [-0.39, 0.29) is 11.5 Å². The van der Waals surface area contributed by atoms with E-state index in [4.69, 9.17) is 14.6 Å². The van der Waals surface area contributed by atoms with Crippen LogP contribution in [0.25, 0.3) is 65.9 Å². The molecule has 0 unspecified atom stereocenters. The third-order valence-electron chi connectivity index (χ3n) is 8.83.